The molecule has 0 radical (unpaired) electrons. The van der Waals surface area contributed by atoms with Crippen LogP contribution in [0.5, 0.6) is 0 Å². The highest BCUT2D eigenvalue weighted by Gasteiger charge is 2.03. The summed E-state index contributed by atoms with van der Waals surface area (Å²) in [7, 11) is 0. The van der Waals surface area contributed by atoms with Crippen LogP contribution in [0.2, 0.25) is 0 Å². The minimum atomic E-state index is 1.27. The van der Waals surface area contributed by atoms with E-state index in [4.69, 9.17) is 0 Å². The summed E-state index contributed by atoms with van der Waals surface area (Å²) in [6.45, 7) is 6.43. The van der Waals surface area contributed by atoms with Crippen LogP contribution in [-0.2, 0) is 0 Å². The molecule has 0 fully saturated rings. The zero-order chi connectivity index (χ0) is 14.8. The largest absolute Gasteiger partial charge is 0.0587 e. The molecule has 0 amide bonds. The molecule has 0 bridgehead atoms. The van der Waals surface area contributed by atoms with Crippen molar-refractivity contribution in [1.29, 1.82) is 0 Å². The van der Waals surface area contributed by atoms with Crippen molar-refractivity contribution in [3.8, 4) is 22.3 Å². The number of hydrogen-bond acceptors (Lipinski definition) is 0. The van der Waals surface area contributed by atoms with Gasteiger partial charge in [-0.05, 0) is 48.6 Å². The van der Waals surface area contributed by atoms with Crippen molar-refractivity contribution in [2.45, 2.75) is 20.8 Å². The Bertz CT molecular complexity index is 747. The van der Waals surface area contributed by atoms with Crippen LogP contribution in [0.1, 0.15) is 16.7 Å². The predicted molar refractivity (Wildman–Crippen MR) is 91.5 cm³/mol. The molecule has 0 unspecified atom stereocenters. The molecule has 0 aliphatic heterocycles. The fourth-order valence-corrected chi connectivity index (χ4v) is 2.73. The lowest BCUT2D eigenvalue weighted by Gasteiger charge is -2.09. The number of hydrogen-bond donors (Lipinski definition) is 0. The van der Waals surface area contributed by atoms with E-state index in [9.17, 15) is 0 Å². The maximum absolute atomic E-state index is 2.24. The van der Waals surface area contributed by atoms with Crippen LogP contribution in [0.25, 0.3) is 22.3 Å². The Morgan fingerprint density at radius 2 is 0.952 bits per heavy atom. The molecule has 0 heteroatoms. The van der Waals surface area contributed by atoms with Gasteiger partial charge in [-0.25, -0.2) is 0 Å². The van der Waals surface area contributed by atoms with Gasteiger partial charge in [0, 0.05) is 0 Å². The Kier molecular flexibility index (Phi) is 3.62. The minimum absolute atomic E-state index is 1.27. The first-order chi connectivity index (χ1) is 10.1. The van der Waals surface area contributed by atoms with E-state index >= 15 is 0 Å². The van der Waals surface area contributed by atoms with E-state index in [1.54, 1.807) is 0 Å². The summed E-state index contributed by atoms with van der Waals surface area (Å²) in [6, 6.07) is 24.2. The lowest BCUT2D eigenvalue weighted by Crippen LogP contribution is -1.85. The smallest absolute Gasteiger partial charge is 0.0155 e. The van der Waals surface area contributed by atoms with Gasteiger partial charge in [0.1, 0.15) is 0 Å². The molecule has 0 aliphatic rings. The van der Waals surface area contributed by atoms with Crippen LogP contribution in [-0.4, -0.2) is 0 Å². The lowest BCUT2D eigenvalue weighted by molar-refractivity contribution is 1.38. The van der Waals surface area contributed by atoms with Gasteiger partial charge in [0.15, 0.2) is 0 Å². The topological polar surface area (TPSA) is 0 Å². The molecule has 0 saturated carbocycles. The summed E-state index contributed by atoms with van der Waals surface area (Å²) in [5.74, 6) is 0. The fourth-order valence-electron chi connectivity index (χ4n) is 2.73. The maximum Gasteiger partial charge on any atom is -0.0155 e. The average molecular weight is 272 g/mol. The number of benzene rings is 3. The zero-order valence-corrected chi connectivity index (χ0v) is 12.9. The van der Waals surface area contributed by atoms with E-state index in [1.165, 1.54) is 38.9 Å². The van der Waals surface area contributed by atoms with Crippen molar-refractivity contribution in [3.05, 3.63) is 83.4 Å². The van der Waals surface area contributed by atoms with Crippen LogP contribution in [0.4, 0.5) is 0 Å². The SMILES string of the molecule is Cc1ccc(-c2ccc(-c3ccc(C)cc3C)cc2)cc1. The standard InChI is InChI=1S/C21H20/c1-15-4-7-18(8-5-15)19-9-11-20(12-10-19)21-13-6-16(2)14-17(21)3/h4-14H,1-3H3. The molecule has 0 atom stereocenters. The van der Waals surface area contributed by atoms with Crippen molar-refractivity contribution >= 4 is 0 Å². The van der Waals surface area contributed by atoms with Crippen LogP contribution in [0.15, 0.2) is 66.7 Å². The first kappa shape index (κ1) is 13.6. The van der Waals surface area contributed by atoms with Gasteiger partial charge in [0.2, 0.25) is 0 Å². The first-order valence-corrected chi connectivity index (χ1v) is 7.38. The molecular formula is C21H20. The fraction of sp³-hybridized carbons (Fsp3) is 0.143. The molecule has 0 saturated heterocycles. The molecule has 0 aliphatic carbocycles. The van der Waals surface area contributed by atoms with E-state index in [0.717, 1.165) is 0 Å². The lowest BCUT2D eigenvalue weighted by atomic mass is 9.96. The van der Waals surface area contributed by atoms with Crippen molar-refractivity contribution in [2.75, 3.05) is 0 Å². The second kappa shape index (κ2) is 5.57. The summed E-state index contributed by atoms with van der Waals surface area (Å²) < 4.78 is 0. The molecule has 3 aromatic carbocycles. The van der Waals surface area contributed by atoms with Gasteiger partial charge in [0.25, 0.3) is 0 Å². The van der Waals surface area contributed by atoms with Crippen LogP contribution in [0, 0.1) is 20.8 Å². The Morgan fingerprint density at radius 1 is 0.476 bits per heavy atom. The van der Waals surface area contributed by atoms with Crippen LogP contribution in [0.3, 0.4) is 0 Å². The Labute approximate surface area is 127 Å². The van der Waals surface area contributed by atoms with Crippen molar-refractivity contribution in [1.82, 2.24) is 0 Å². The van der Waals surface area contributed by atoms with Gasteiger partial charge in [-0.1, -0.05) is 77.9 Å². The van der Waals surface area contributed by atoms with Crippen LogP contribution >= 0.6 is 0 Å². The molecule has 3 aromatic rings. The van der Waals surface area contributed by atoms with Gasteiger partial charge < -0.3 is 0 Å². The second-order valence-electron chi connectivity index (χ2n) is 5.76. The third-order valence-electron chi connectivity index (χ3n) is 3.96. The average Bonchev–Trinajstić information content (AvgIpc) is 2.48. The Morgan fingerprint density at radius 3 is 1.52 bits per heavy atom. The summed E-state index contributed by atoms with van der Waals surface area (Å²) in [5, 5.41) is 0. The summed E-state index contributed by atoms with van der Waals surface area (Å²) in [4.78, 5) is 0. The highest BCUT2D eigenvalue weighted by atomic mass is 14.1. The first-order valence-electron chi connectivity index (χ1n) is 7.38. The van der Waals surface area contributed by atoms with Gasteiger partial charge in [-0.2, -0.15) is 0 Å². The third kappa shape index (κ3) is 2.90. The predicted octanol–water partition coefficient (Wildman–Crippen LogP) is 5.95. The number of rotatable bonds is 2. The Balaban J connectivity index is 1.95. The van der Waals surface area contributed by atoms with E-state index in [0.29, 0.717) is 0 Å². The van der Waals surface area contributed by atoms with E-state index < -0.39 is 0 Å². The maximum atomic E-state index is 2.24. The highest BCUT2D eigenvalue weighted by Crippen LogP contribution is 2.27. The Hall–Kier alpha value is -2.34. The third-order valence-corrected chi connectivity index (χ3v) is 3.96. The normalized spacial score (nSPS) is 10.6. The van der Waals surface area contributed by atoms with Crippen molar-refractivity contribution < 1.29 is 0 Å². The molecule has 0 nitrogen and oxygen atoms in total. The summed E-state index contributed by atoms with van der Waals surface area (Å²) >= 11 is 0. The monoisotopic (exact) mass is 272 g/mol. The molecule has 0 N–H and O–H groups in total. The van der Waals surface area contributed by atoms with Gasteiger partial charge >= 0.3 is 0 Å². The molecule has 21 heavy (non-hydrogen) atoms. The molecule has 104 valence electrons. The van der Waals surface area contributed by atoms with E-state index in [2.05, 4.69) is 87.5 Å². The minimum Gasteiger partial charge on any atom is -0.0587 e. The van der Waals surface area contributed by atoms with E-state index in [1.807, 2.05) is 0 Å². The second-order valence-corrected chi connectivity index (χ2v) is 5.76. The summed E-state index contributed by atoms with van der Waals surface area (Å²) in [6.07, 6.45) is 0. The quantitative estimate of drug-likeness (QED) is 0.541. The molecule has 0 spiro atoms. The molecule has 0 aromatic heterocycles. The van der Waals surface area contributed by atoms with Crippen LogP contribution < -0.4 is 0 Å². The molecular weight excluding hydrogens is 252 g/mol. The zero-order valence-electron chi connectivity index (χ0n) is 12.9. The van der Waals surface area contributed by atoms with Crippen molar-refractivity contribution in [2.24, 2.45) is 0 Å². The van der Waals surface area contributed by atoms with E-state index in [-0.39, 0.29) is 0 Å². The molecule has 3 rings (SSSR count). The van der Waals surface area contributed by atoms with Crippen molar-refractivity contribution in [3.63, 3.8) is 0 Å². The van der Waals surface area contributed by atoms with Gasteiger partial charge in [-0.3, -0.25) is 0 Å². The number of aryl methyl sites for hydroxylation is 3. The molecule has 0 heterocycles. The summed E-state index contributed by atoms with van der Waals surface area (Å²) in [5.41, 5.74) is 9.08. The van der Waals surface area contributed by atoms with Gasteiger partial charge in [-0.15, -0.1) is 0 Å². The van der Waals surface area contributed by atoms with Gasteiger partial charge in [0.05, 0.1) is 0 Å². The highest BCUT2D eigenvalue weighted by molar-refractivity contribution is 5.72.